The van der Waals surface area contributed by atoms with Gasteiger partial charge in [0.15, 0.2) is 15.6 Å². The van der Waals surface area contributed by atoms with Crippen LogP contribution >= 0.6 is 0 Å². The number of rotatable bonds is 10. The van der Waals surface area contributed by atoms with Crippen LogP contribution in [0.5, 0.6) is 5.75 Å². The van der Waals surface area contributed by atoms with Crippen LogP contribution in [0.3, 0.4) is 0 Å². The van der Waals surface area contributed by atoms with Crippen molar-refractivity contribution in [3.8, 4) is 5.75 Å². The zero-order valence-electron chi connectivity index (χ0n) is 24.7. The second-order valence-electron chi connectivity index (χ2n) is 8.87. The van der Waals surface area contributed by atoms with Gasteiger partial charge in [0.1, 0.15) is 41.7 Å². The molecule has 0 fully saturated rings. The van der Waals surface area contributed by atoms with Crippen LogP contribution in [0.25, 0.3) is 10.8 Å². The Hall–Kier alpha value is -1.02. The van der Waals surface area contributed by atoms with E-state index >= 15 is 0 Å². The first-order valence-electron chi connectivity index (χ1n) is 11.8. The van der Waals surface area contributed by atoms with Crippen LogP contribution in [0.4, 0.5) is 22.7 Å². The minimum atomic E-state index is -5.52. The molecule has 23 heteroatoms. The molecule has 0 bridgehead atoms. The molecule has 0 spiro atoms. The Kier molecular flexibility index (Phi) is 15.7. The van der Waals surface area contributed by atoms with Gasteiger partial charge in [-0.1, -0.05) is 18.2 Å². The zero-order valence-corrected chi connectivity index (χ0v) is 33.9. The summed E-state index contributed by atoms with van der Waals surface area (Å²) in [5, 5.41) is 29.1. The largest absolute Gasteiger partial charge is 1.00 e. The third-order valence-electron chi connectivity index (χ3n) is 5.91. The van der Waals surface area contributed by atoms with Crippen LogP contribution in [-0.4, -0.2) is 69.9 Å². The molecule has 16 nitrogen and oxygen atoms in total. The van der Waals surface area contributed by atoms with Gasteiger partial charge in [0.25, 0.3) is 0 Å². The molecule has 0 unspecified atom stereocenters. The number of nitrogens with zero attached hydrogens (tertiary/aromatic N) is 2. The third-order valence-corrected chi connectivity index (χ3v) is 10.1. The van der Waals surface area contributed by atoms with Gasteiger partial charge in [0.2, 0.25) is 0 Å². The van der Waals surface area contributed by atoms with Gasteiger partial charge >= 0.3 is 88.7 Å². The Labute approximate surface area is 335 Å². The number of aliphatic hydroxyl groups is 1. The summed E-state index contributed by atoms with van der Waals surface area (Å²) >= 11 is 0. The zero-order chi connectivity index (χ0) is 32.7. The maximum absolute atomic E-state index is 12.4. The van der Waals surface area contributed by atoms with Gasteiger partial charge in [-0.15, -0.1) is 10.2 Å². The van der Waals surface area contributed by atoms with Crippen LogP contribution < -0.4 is 94.0 Å². The van der Waals surface area contributed by atoms with E-state index in [1.54, 1.807) is 0 Å². The number of hydrogen-bond acceptors (Lipinski definition) is 16. The van der Waals surface area contributed by atoms with Crippen LogP contribution in [-0.2, 0) is 40.2 Å². The number of nitrogens with one attached hydrogen (secondary N) is 1. The van der Waals surface area contributed by atoms with Crippen molar-refractivity contribution < 1.29 is 146 Å². The molecule has 4 aromatic rings. The molecule has 0 heterocycles. The summed E-state index contributed by atoms with van der Waals surface area (Å²) in [6.45, 7) is -0.685. The van der Waals surface area contributed by atoms with E-state index in [0.717, 1.165) is 24.3 Å². The van der Waals surface area contributed by atoms with Gasteiger partial charge in [0.05, 0.1) is 37.6 Å². The Morgan fingerprint density at radius 2 is 1.30 bits per heavy atom. The minimum Gasteiger partial charge on any atom is -0.744 e. The number of phenolic OH excluding ortho intramolecular Hbond substituents is 1. The van der Waals surface area contributed by atoms with Gasteiger partial charge in [-0.25, -0.2) is 33.7 Å². The van der Waals surface area contributed by atoms with E-state index in [9.17, 15) is 52.4 Å². The molecule has 0 aliphatic heterocycles. The molecule has 3 N–H and O–H groups in total. The van der Waals surface area contributed by atoms with Crippen LogP contribution in [0, 0.1) is 0 Å². The number of anilines is 2. The van der Waals surface area contributed by atoms with E-state index in [1.807, 2.05) is 0 Å². The quantitative estimate of drug-likeness (QED) is 0.0771. The molecule has 47 heavy (non-hydrogen) atoms. The molecular formula is C24H18N3Na3O13S4. The fourth-order valence-corrected chi connectivity index (χ4v) is 6.86. The van der Waals surface area contributed by atoms with Crippen molar-refractivity contribution in [1.82, 2.24) is 0 Å². The van der Waals surface area contributed by atoms with E-state index in [-0.39, 0.29) is 99.3 Å². The van der Waals surface area contributed by atoms with Gasteiger partial charge < -0.3 is 29.2 Å². The average Bonchev–Trinajstić information content (AvgIpc) is 2.91. The standard InChI is InChI=1S/C24H21N3O13S4.3Na/c28-8-9-41(30,31)16-5-3-4-15(12-16)25-19-13-17(42(32,33)34)10-14-11-21(44(38,39)40)23(24(29)22(14)19)27-26-18-6-1-2-7-20(18)43(35,36)37;;;/h1-7,10-13,25,28-29H,8-9H2,(H,32,33,34)(H,35,36,37)(H,38,39,40);;;/q;3*+1/p-3. The number of aromatic hydroxyl groups is 1. The van der Waals surface area contributed by atoms with Crippen molar-refractivity contribution >= 4 is 73.7 Å². The first-order valence-corrected chi connectivity index (χ1v) is 17.6. The Balaban J connectivity index is 0.00000368. The predicted octanol–water partition coefficient (Wildman–Crippen LogP) is -6.81. The van der Waals surface area contributed by atoms with E-state index < -0.39 is 101 Å². The summed E-state index contributed by atoms with van der Waals surface area (Å²) in [5.74, 6) is -1.73. The maximum atomic E-state index is 12.4. The molecule has 0 radical (unpaired) electrons. The normalized spacial score (nSPS) is 12.2. The van der Waals surface area contributed by atoms with Gasteiger partial charge in [0, 0.05) is 11.1 Å². The smallest absolute Gasteiger partial charge is 0.744 e. The van der Waals surface area contributed by atoms with Gasteiger partial charge in [-0.05, 0) is 53.9 Å². The summed E-state index contributed by atoms with van der Waals surface area (Å²) in [4.78, 5) is -3.32. The number of sulfone groups is 1. The third kappa shape index (κ3) is 10.5. The Morgan fingerprint density at radius 1 is 0.681 bits per heavy atom. The first kappa shape index (κ1) is 44.0. The topological polar surface area (TPSA) is 283 Å². The number of benzene rings is 4. The molecular weight excluding hydrogens is 736 g/mol. The van der Waals surface area contributed by atoms with E-state index in [1.165, 1.54) is 30.3 Å². The van der Waals surface area contributed by atoms with Crippen LogP contribution in [0.15, 0.2) is 96.5 Å². The van der Waals surface area contributed by atoms with Crippen molar-refractivity contribution in [2.75, 3.05) is 17.7 Å². The summed E-state index contributed by atoms with van der Waals surface area (Å²) < 4.78 is 132. The maximum Gasteiger partial charge on any atom is 1.00 e. The average molecular weight is 754 g/mol. The summed E-state index contributed by atoms with van der Waals surface area (Å²) in [7, 11) is -19.8. The summed E-state index contributed by atoms with van der Waals surface area (Å²) in [6, 6.07) is 11.2. The second-order valence-corrected chi connectivity index (χ2v) is 15.1. The van der Waals surface area contributed by atoms with Crippen molar-refractivity contribution in [1.29, 1.82) is 0 Å². The molecule has 0 amide bonds. The molecule has 234 valence electrons. The molecule has 0 aromatic heterocycles. The van der Waals surface area contributed by atoms with Gasteiger partial charge in [-0.3, -0.25) is 0 Å². The molecule has 0 atom stereocenters. The first-order chi connectivity index (χ1) is 20.3. The number of aliphatic hydroxyl groups excluding tert-OH is 1. The fourth-order valence-electron chi connectivity index (χ4n) is 4.01. The van der Waals surface area contributed by atoms with E-state index in [2.05, 4.69) is 15.5 Å². The van der Waals surface area contributed by atoms with E-state index in [0.29, 0.717) is 12.1 Å². The van der Waals surface area contributed by atoms with Crippen LogP contribution in [0.1, 0.15) is 0 Å². The molecule has 0 saturated heterocycles. The van der Waals surface area contributed by atoms with Crippen molar-refractivity contribution in [3.63, 3.8) is 0 Å². The molecule has 4 rings (SSSR count). The number of fused-ring (bicyclic) bond motifs is 1. The molecule has 0 saturated carbocycles. The monoisotopic (exact) mass is 753 g/mol. The Bertz CT molecular complexity index is 2290. The second kappa shape index (κ2) is 16.8. The number of azo groups is 1. The number of phenols is 1. The van der Waals surface area contributed by atoms with Crippen molar-refractivity contribution in [2.24, 2.45) is 10.2 Å². The van der Waals surface area contributed by atoms with Crippen LogP contribution in [0.2, 0.25) is 0 Å². The number of hydrogen-bond donors (Lipinski definition) is 3. The van der Waals surface area contributed by atoms with Crippen molar-refractivity contribution in [2.45, 2.75) is 19.6 Å². The molecule has 0 aliphatic carbocycles. The summed E-state index contributed by atoms with van der Waals surface area (Å²) in [5.41, 5.74) is -2.06. The minimum absolute atomic E-state index is 0. The Morgan fingerprint density at radius 3 is 1.87 bits per heavy atom. The van der Waals surface area contributed by atoms with E-state index in [4.69, 9.17) is 5.11 Å². The SMILES string of the molecule is O=S(=O)([O-])c1cc(Nc2cccc(S(=O)(=O)CCO)c2)c2c(O)c(N=Nc3ccccc3S(=O)(=O)[O-])c(S(=O)(=O)[O-])cc2c1.[Na+].[Na+].[Na+]. The summed E-state index contributed by atoms with van der Waals surface area (Å²) in [6.07, 6.45) is 0. The van der Waals surface area contributed by atoms with Gasteiger partial charge in [-0.2, -0.15) is 0 Å². The molecule has 4 aromatic carbocycles. The predicted molar refractivity (Wildman–Crippen MR) is 149 cm³/mol. The fraction of sp³-hybridized carbons (Fsp3) is 0.0833. The van der Waals surface area contributed by atoms with Crippen molar-refractivity contribution in [3.05, 3.63) is 66.7 Å². The molecule has 0 aliphatic rings.